The monoisotopic (exact) mass is 482 g/mol. The molecule has 9 nitrogen and oxygen atoms in total. The molecule has 1 aromatic carbocycles. The minimum Gasteiger partial charge on any atom is -0.370 e. The van der Waals surface area contributed by atoms with E-state index in [9.17, 15) is 22.8 Å². The van der Waals surface area contributed by atoms with Gasteiger partial charge in [0.1, 0.15) is 6.61 Å². The van der Waals surface area contributed by atoms with Crippen molar-refractivity contribution in [1.82, 2.24) is 25.2 Å². The molecule has 1 aromatic heterocycles. The minimum atomic E-state index is -4.64. The number of aromatic nitrogens is 2. The fourth-order valence-electron chi connectivity index (χ4n) is 3.45. The number of rotatable bonds is 4. The Hall–Kier alpha value is -3.25. The SMILES string of the molecule is O=C(NCc1cnc(C(F)(F)F)nc1)N1CC(N2CCOCC2=O)C(c2ccc(Cl)cc2)=N1. The summed E-state index contributed by atoms with van der Waals surface area (Å²) in [5.41, 5.74) is 1.52. The van der Waals surface area contributed by atoms with Gasteiger partial charge < -0.3 is 15.0 Å². The van der Waals surface area contributed by atoms with Crippen molar-refractivity contribution >= 4 is 29.3 Å². The normalized spacial score (nSPS) is 19.0. The summed E-state index contributed by atoms with van der Waals surface area (Å²) in [6, 6.07) is 5.81. The molecule has 2 aliphatic heterocycles. The van der Waals surface area contributed by atoms with E-state index in [1.54, 1.807) is 29.2 Å². The molecule has 33 heavy (non-hydrogen) atoms. The second-order valence-corrected chi connectivity index (χ2v) is 7.74. The van der Waals surface area contributed by atoms with E-state index < -0.39 is 24.1 Å². The van der Waals surface area contributed by atoms with Crippen molar-refractivity contribution in [2.75, 3.05) is 26.3 Å². The smallest absolute Gasteiger partial charge is 0.370 e. The third-order valence-electron chi connectivity index (χ3n) is 5.07. The van der Waals surface area contributed by atoms with Crippen molar-refractivity contribution in [3.8, 4) is 0 Å². The molecule has 174 valence electrons. The number of urea groups is 1. The zero-order valence-electron chi connectivity index (χ0n) is 17.0. The van der Waals surface area contributed by atoms with E-state index in [1.807, 2.05) is 0 Å². The second-order valence-electron chi connectivity index (χ2n) is 7.30. The van der Waals surface area contributed by atoms with Gasteiger partial charge >= 0.3 is 12.2 Å². The van der Waals surface area contributed by atoms with Crippen LogP contribution >= 0.6 is 11.6 Å². The van der Waals surface area contributed by atoms with Gasteiger partial charge in [0.05, 0.1) is 24.9 Å². The number of nitrogens with one attached hydrogen (secondary N) is 1. The third kappa shape index (κ3) is 5.22. The highest BCUT2D eigenvalue weighted by Crippen LogP contribution is 2.25. The Morgan fingerprint density at radius 3 is 2.55 bits per heavy atom. The van der Waals surface area contributed by atoms with E-state index in [-0.39, 0.29) is 31.2 Å². The lowest BCUT2D eigenvalue weighted by molar-refractivity contribution is -0.145. The average molecular weight is 483 g/mol. The van der Waals surface area contributed by atoms with E-state index in [4.69, 9.17) is 16.3 Å². The van der Waals surface area contributed by atoms with Gasteiger partial charge in [-0.1, -0.05) is 23.7 Å². The lowest BCUT2D eigenvalue weighted by Crippen LogP contribution is -2.52. The Morgan fingerprint density at radius 1 is 1.21 bits per heavy atom. The first-order valence-electron chi connectivity index (χ1n) is 9.87. The maximum absolute atomic E-state index is 12.7. The molecule has 0 radical (unpaired) electrons. The van der Waals surface area contributed by atoms with Crippen LogP contribution in [0.4, 0.5) is 18.0 Å². The van der Waals surface area contributed by atoms with E-state index >= 15 is 0 Å². The first-order chi connectivity index (χ1) is 15.7. The molecule has 13 heteroatoms. The summed E-state index contributed by atoms with van der Waals surface area (Å²) < 4.78 is 43.0. The summed E-state index contributed by atoms with van der Waals surface area (Å²) in [5, 5.41) is 8.72. The Balaban J connectivity index is 1.49. The average Bonchev–Trinajstić information content (AvgIpc) is 3.23. The van der Waals surface area contributed by atoms with Crippen LogP contribution in [0, 0.1) is 0 Å². The topological polar surface area (TPSA) is 100 Å². The first kappa shape index (κ1) is 22.9. The van der Waals surface area contributed by atoms with Crippen LogP contribution in [0.25, 0.3) is 0 Å². The first-order valence-corrected chi connectivity index (χ1v) is 10.3. The number of ether oxygens (including phenoxy) is 1. The number of hydrogen-bond donors (Lipinski definition) is 1. The molecule has 1 N–H and O–H groups in total. The minimum absolute atomic E-state index is 0.0511. The van der Waals surface area contributed by atoms with Crippen LogP contribution in [0.3, 0.4) is 0 Å². The molecule has 1 atom stereocenters. The van der Waals surface area contributed by atoms with Crippen LogP contribution in [0.5, 0.6) is 0 Å². The zero-order valence-corrected chi connectivity index (χ0v) is 17.8. The maximum Gasteiger partial charge on any atom is 0.451 e. The molecule has 0 spiro atoms. The highest BCUT2D eigenvalue weighted by Gasteiger charge is 2.38. The van der Waals surface area contributed by atoms with E-state index in [1.165, 1.54) is 5.01 Å². The summed E-state index contributed by atoms with van der Waals surface area (Å²) in [7, 11) is 0. The summed E-state index contributed by atoms with van der Waals surface area (Å²) in [5.74, 6) is -1.47. The molecule has 0 saturated carbocycles. The summed E-state index contributed by atoms with van der Waals surface area (Å²) in [6.45, 7) is 0.689. The fourth-order valence-corrected chi connectivity index (χ4v) is 3.58. The van der Waals surface area contributed by atoms with Gasteiger partial charge in [-0.05, 0) is 12.1 Å². The third-order valence-corrected chi connectivity index (χ3v) is 5.32. The molecule has 1 fully saturated rings. The molecular weight excluding hydrogens is 465 g/mol. The van der Waals surface area contributed by atoms with Crippen molar-refractivity contribution < 1.29 is 27.5 Å². The van der Waals surface area contributed by atoms with Gasteiger partial charge in [-0.15, -0.1) is 0 Å². The molecule has 3 amide bonds. The van der Waals surface area contributed by atoms with Crippen molar-refractivity contribution in [2.24, 2.45) is 5.10 Å². The van der Waals surface area contributed by atoms with Crippen LogP contribution < -0.4 is 5.32 Å². The molecule has 1 unspecified atom stereocenters. The molecule has 2 aliphatic rings. The Morgan fingerprint density at radius 2 is 1.91 bits per heavy atom. The van der Waals surface area contributed by atoms with Crippen LogP contribution in [-0.4, -0.2) is 69.9 Å². The number of hydrogen-bond acceptors (Lipinski definition) is 6. The summed E-state index contributed by atoms with van der Waals surface area (Å²) in [6.07, 6.45) is -2.65. The number of carbonyl (C=O) groups is 2. The molecule has 4 rings (SSSR count). The number of hydrazone groups is 1. The van der Waals surface area contributed by atoms with Gasteiger partial charge in [0.15, 0.2) is 0 Å². The second kappa shape index (κ2) is 9.32. The number of alkyl halides is 3. The van der Waals surface area contributed by atoms with E-state index in [0.29, 0.717) is 29.4 Å². The van der Waals surface area contributed by atoms with Crippen molar-refractivity contribution in [3.63, 3.8) is 0 Å². The molecule has 2 aromatic rings. The number of halogens is 4. The molecule has 0 aliphatic carbocycles. The van der Waals surface area contributed by atoms with Gasteiger partial charge in [0.2, 0.25) is 11.7 Å². The van der Waals surface area contributed by atoms with E-state index in [2.05, 4.69) is 20.4 Å². The zero-order chi connectivity index (χ0) is 23.6. The van der Waals surface area contributed by atoms with Crippen molar-refractivity contribution in [3.05, 3.63) is 58.6 Å². The Kier molecular flexibility index (Phi) is 6.47. The highest BCUT2D eigenvalue weighted by atomic mass is 35.5. The predicted molar refractivity (Wildman–Crippen MR) is 110 cm³/mol. The van der Waals surface area contributed by atoms with Crippen LogP contribution in [-0.2, 0) is 22.3 Å². The number of carbonyl (C=O) groups excluding carboxylic acids is 2. The van der Waals surface area contributed by atoms with Crippen LogP contribution in [0.15, 0.2) is 41.8 Å². The maximum atomic E-state index is 12.7. The molecule has 1 saturated heterocycles. The number of morpholine rings is 1. The Bertz CT molecular complexity index is 1060. The molecule has 0 bridgehead atoms. The number of amides is 3. The van der Waals surface area contributed by atoms with Crippen LogP contribution in [0.1, 0.15) is 17.0 Å². The van der Waals surface area contributed by atoms with Gasteiger partial charge in [-0.3, -0.25) is 4.79 Å². The van der Waals surface area contributed by atoms with Gasteiger partial charge in [-0.25, -0.2) is 19.8 Å². The van der Waals surface area contributed by atoms with E-state index in [0.717, 1.165) is 12.4 Å². The van der Waals surface area contributed by atoms with Crippen molar-refractivity contribution in [1.29, 1.82) is 0 Å². The lowest BCUT2D eigenvalue weighted by atomic mass is 10.0. The number of nitrogens with zero attached hydrogens (tertiary/aromatic N) is 5. The highest BCUT2D eigenvalue weighted by molar-refractivity contribution is 6.30. The van der Waals surface area contributed by atoms with Crippen LogP contribution in [0.2, 0.25) is 5.02 Å². The predicted octanol–water partition coefficient (Wildman–Crippen LogP) is 2.31. The van der Waals surface area contributed by atoms with Gasteiger partial charge in [0, 0.05) is 41.6 Å². The standard InChI is InChI=1S/C20H18ClF3N6O3/c21-14-3-1-13(2-4-14)17-15(29-5-6-33-11-16(29)31)10-30(28-17)19(32)27-9-12-7-25-18(26-8-12)20(22,23)24/h1-4,7-8,15H,5-6,9-11H2,(H,27,32). The van der Waals surface area contributed by atoms with Gasteiger partial charge in [-0.2, -0.15) is 18.3 Å². The quantitative estimate of drug-likeness (QED) is 0.721. The van der Waals surface area contributed by atoms with Gasteiger partial charge in [0.25, 0.3) is 0 Å². The summed E-state index contributed by atoms with van der Waals surface area (Å²) in [4.78, 5) is 33.3. The molecule has 3 heterocycles. The molecular formula is C20H18ClF3N6O3. The largest absolute Gasteiger partial charge is 0.451 e. The fraction of sp³-hybridized carbons (Fsp3) is 0.350. The van der Waals surface area contributed by atoms with Crippen molar-refractivity contribution in [2.45, 2.75) is 18.8 Å². The summed E-state index contributed by atoms with van der Waals surface area (Å²) >= 11 is 5.97. The Labute approximate surface area is 191 Å². The number of benzene rings is 1. The lowest BCUT2D eigenvalue weighted by Gasteiger charge is -2.32.